The third kappa shape index (κ3) is 7.20. The van der Waals surface area contributed by atoms with Crippen LogP contribution in [-0.4, -0.2) is 68.1 Å². The first-order valence-corrected chi connectivity index (χ1v) is 21.3. The summed E-state index contributed by atoms with van der Waals surface area (Å²) in [7, 11) is -2.86. The third-order valence-corrected chi connectivity index (χ3v) is 17.8. The number of nitrogens with one attached hydrogen (secondary N) is 1. The zero-order valence-electron chi connectivity index (χ0n) is 32.0. The van der Waals surface area contributed by atoms with Crippen LogP contribution in [-0.2, 0) is 14.6 Å². The van der Waals surface area contributed by atoms with E-state index in [1.54, 1.807) is 6.08 Å². The lowest BCUT2D eigenvalue weighted by Gasteiger charge is -2.73. The summed E-state index contributed by atoms with van der Waals surface area (Å²) >= 11 is 0. The van der Waals surface area contributed by atoms with Gasteiger partial charge in [0.05, 0.1) is 11.5 Å². The topological polar surface area (TPSA) is 86.7 Å². The Morgan fingerprint density at radius 1 is 0.918 bits per heavy atom. The van der Waals surface area contributed by atoms with E-state index in [-0.39, 0.29) is 27.1 Å². The maximum Gasteiger partial charge on any atom is 0.328 e. The fraction of sp³-hybridized carbons (Fsp3) is 0.786. The van der Waals surface area contributed by atoms with Crippen molar-refractivity contribution in [2.45, 2.75) is 125 Å². The monoisotopic (exact) mass is 696 g/mol. The molecule has 2 N–H and O–H groups in total. The molecule has 49 heavy (non-hydrogen) atoms. The lowest BCUT2D eigenvalue weighted by Crippen LogP contribution is -2.66. The average molecular weight is 697 g/mol. The predicted molar refractivity (Wildman–Crippen MR) is 203 cm³/mol. The van der Waals surface area contributed by atoms with Crippen LogP contribution in [0.3, 0.4) is 0 Å². The molecule has 0 bridgehead atoms. The van der Waals surface area contributed by atoms with E-state index in [9.17, 15) is 13.2 Å². The minimum Gasteiger partial charge on any atom is -0.478 e. The summed E-state index contributed by atoms with van der Waals surface area (Å²) in [6.45, 7) is 25.4. The van der Waals surface area contributed by atoms with Crippen molar-refractivity contribution in [3.05, 3.63) is 48.1 Å². The van der Waals surface area contributed by atoms with E-state index in [0.717, 1.165) is 25.4 Å². The average Bonchev–Trinajstić information content (AvgIpc) is 3.02. The van der Waals surface area contributed by atoms with Crippen LogP contribution < -0.4 is 5.32 Å². The molecule has 0 amide bonds. The Morgan fingerprint density at radius 2 is 1.59 bits per heavy atom. The molecule has 5 rings (SSSR count). The summed E-state index contributed by atoms with van der Waals surface area (Å²) in [4.78, 5) is 13.4. The summed E-state index contributed by atoms with van der Waals surface area (Å²) in [5.41, 5.74) is 3.50. The molecule has 1 aliphatic heterocycles. The van der Waals surface area contributed by atoms with Crippen LogP contribution in [0.25, 0.3) is 0 Å². The number of fused-ring (bicyclic) bond motifs is 5. The molecule has 7 heteroatoms. The Balaban J connectivity index is 1.39. The van der Waals surface area contributed by atoms with Crippen molar-refractivity contribution in [1.29, 1.82) is 0 Å². The number of hydrogen-bond donors (Lipinski definition) is 2. The van der Waals surface area contributed by atoms with Gasteiger partial charge < -0.3 is 15.3 Å². The molecule has 8 unspecified atom stereocenters. The van der Waals surface area contributed by atoms with Gasteiger partial charge in [0.25, 0.3) is 0 Å². The number of sulfone groups is 1. The summed E-state index contributed by atoms with van der Waals surface area (Å²) in [5, 5.41) is 13.1. The van der Waals surface area contributed by atoms with Crippen LogP contribution in [0.1, 0.15) is 119 Å². The highest BCUT2D eigenvalue weighted by Gasteiger charge is 2.69. The van der Waals surface area contributed by atoms with Crippen LogP contribution in [0.4, 0.5) is 0 Å². The summed E-state index contributed by atoms with van der Waals surface area (Å²) < 4.78 is 23.9. The first-order chi connectivity index (χ1) is 22.9. The highest BCUT2D eigenvalue weighted by molar-refractivity contribution is 7.91. The van der Waals surface area contributed by atoms with Crippen molar-refractivity contribution < 1.29 is 18.3 Å². The van der Waals surface area contributed by atoms with E-state index in [1.165, 1.54) is 81.4 Å². The Bertz CT molecular complexity index is 1430. The molecule has 8 atom stereocenters. The van der Waals surface area contributed by atoms with Gasteiger partial charge in [-0.25, -0.2) is 13.2 Å². The normalized spacial score (nSPS) is 41.3. The number of aliphatic carboxylic acids is 1. The van der Waals surface area contributed by atoms with Crippen LogP contribution in [0.5, 0.6) is 0 Å². The van der Waals surface area contributed by atoms with Gasteiger partial charge in [0.2, 0.25) is 0 Å². The smallest absolute Gasteiger partial charge is 0.328 e. The number of allylic oxidation sites excluding steroid dienone is 6. The maximum atomic E-state index is 12.0. The molecule has 4 fully saturated rings. The van der Waals surface area contributed by atoms with Crippen molar-refractivity contribution in [3.63, 3.8) is 0 Å². The second-order valence-corrected chi connectivity index (χ2v) is 20.6. The first-order valence-electron chi connectivity index (χ1n) is 19.5. The van der Waals surface area contributed by atoms with E-state index in [0.29, 0.717) is 42.5 Å². The molecule has 3 saturated carbocycles. The number of carboxylic acid groups (broad SMARTS) is 1. The Labute approximate surface area is 299 Å². The Kier molecular flexibility index (Phi) is 11.3. The van der Waals surface area contributed by atoms with Crippen LogP contribution in [0, 0.1) is 44.8 Å². The Morgan fingerprint density at radius 3 is 2.27 bits per heavy atom. The summed E-state index contributed by atoms with van der Waals surface area (Å²) in [6, 6.07) is 0.473. The van der Waals surface area contributed by atoms with Gasteiger partial charge >= 0.3 is 5.97 Å². The van der Waals surface area contributed by atoms with Gasteiger partial charge in [0, 0.05) is 38.3 Å². The lowest BCUT2D eigenvalue weighted by atomic mass is 9.31. The van der Waals surface area contributed by atoms with Gasteiger partial charge in [0.1, 0.15) is 0 Å². The molecule has 5 aliphatic rings. The number of hydrogen-bond acceptors (Lipinski definition) is 5. The molecule has 0 aromatic rings. The van der Waals surface area contributed by atoms with Gasteiger partial charge in [-0.2, -0.15) is 0 Å². The SMILES string of the molecule is C=C(C)C1CCC(NCCN2CCS(=O)(=O)CC2)CCC2(C)C(CC1)CCC1C2(C)CCC2(C)C(C)(C)C(C=CC=CC(=O)O)=CCC12C. The predicted octanol–water partition coefficient (Wildman–Crippen LogP) is 8.62. The fourth-order valence-corrected chi connectivity index (χ4v) is 13.3. The van der Waals surface area contributed by atoms with Gasteiger partial charge in [-0.3, -0.25) is 0 Å². The van der Waals surface area contributed by atoms with Gasteiger partial charge in [0.15, 0.2) is 9.84 Å². The Hall–Kier alpha value is -1.70. The second kappa shape index (κ2) is 14.4. The van der Waals surface area contributed by atoms with Gasteiger partial charge in [-0.05, 0) is 128 Å². The molecule has 276 valence electrons. The van der Waals surface area contributed by atoms with Crippen molar-refractivity contribution in [2.24, 2.45) is 44.8 Å². The summed E-state index contributed by atoms with van der Waals surface area (Å²) in [5.74, 6) is 1.63. The number of carbonyl (C=O) groups is 1. The molecule has 1 saturated heterocycles. The van der Waals surface area contributed by atoms with Crippen LogP contribution >= 0.6 is 0 Å². The van der Waals surface area contributed by atoms with Gasteiger partial charge in [-0.1, -0.05) is 78.0 Å². The van der Waals surface area contributed by atoms with Crippen LogP contribution in [0.15, 0.2) is 48.1 Å². The van der Waals surface area contributed by atoms with E-state index in [1.807, 2.05) is 6.08 Å². The number of nitrogens with zero attached hydrogens (tertiary/aromatic N) is 1. The standard InChI is InChI=1S/C42H68N2O4S/c1-31(2)32-13-15-34-16-18-36-40(6,23-24-42(8)38(3,4)33(19-21-41(36,42)7)11-9-10-12-37(45)46)39(34,5)22-20-35(17-14-32)43-25-26-44-27-29-49(47,48)30-28-44/h9-12,19,32,34-36,43H,1,13-18,20-30H2,2-8H3,(H,45,46). The van der Waals surface area contributed by atoms with E-state index in [4.69, 9.17) is 5.11 Å². The van der Waals surface area contributed by atoms with Gasteiger partial charge in [-0.15, -0.1) is 0 Å². The number of rotatable bonds is 8. The van der Waals surface area contributed by atoms with Crippen molar-refractivity contribution in [1.82, 2.24) is 10.2 Å². The molecule has 0 spiro atoms. The zero-order chi connectivity index (χ0) is 35.9. The highest BCUT2D eigenvalue weighted by atomic mass is 32.2. The van der Waals surface area contributed by atoms with Crippen molar-refractivity contribution in [3.8, 4) is 0 Å². The summed E-state index contributed by atoms with van der Waals surface area (Å²) in [6.07, 6.45) is 23.0. The zero-order valence-corrected chi connectivity index (χ0v) is 32.8. The van der Waals surface area contributed by atoms with Crippen molar-refractivity contribution >= 4 is 15.8 Å². The van der Waals surface area contributed by atoms with E-state index in [2.05, 4.69) is 77.4 Å². The molecular weight excluding hydrogens is 629 g/mol. The van der Waals surface area contributed by atoms with Crippen molar-refractivity contribution in [2.75, 3.05) is 37.7 Å². The number of carboxylic acids is 1. The molecular formula is C42H68N2O4S. The lowest BCUT2D eigenvalue weighted by molar-refractivity contribution is -0.229. The minimum atomic E-state index is -2.86. The minimum absolute atomic E-state index is 0.0226. The largest absolute Gasteiger partial charge is 0.478 e. The molecule has 0 radical (unpaired) electrons. The maximum absolute atomic E-state index is 12.0. The van der Waals surface area contributed by atoms with E-state index < -0.39 is 15.8 Å². The second-order valence-electron chi connectivity index (χ2n) is 18.3. The highest BCUT2D eigenvalue weighted by Crippen LogP contribution is 2.77. The van der Waals surface area contributed by atoms with E-state index >= 15 is 0 Å². The van der Waals surface area contributed by atoms with Crippen LogP contribution in [0.2, 0.25) is 0 Å². The fourth-order valence-electron chi connectivity index (χ4n) is 12.0. The molecule has 0 aromatic heterocycles. The molecule has 1 heterocycles. The molecule has 0 aromatic carbocycles. The molecule has 4 aliphatic carbocycles. The third-order valence-electron chi connectivity index (χ3n) is 16.2. The first kappa shape index (κ1) is 38.5. The molecule has 6 nitrogen and oxygen atoms in total. The quantitative estimate of drug-likeness (QED) is 0.150.